The molecule has 0 aromatic carbocycles. The molecule has 1 fully saturated rings. The quantitative estimate of drug-likeness (QED) is 0.0166. The Balaban J connectivity index is 1.69. The van der Waals surface area contributed by atoms with E-state index in [4.69, 9.17) is 45.5 Å². The van der Waals surface area contributed by atoms with Crippen LogP contribution >= 0.6 is 0 Å². The SMILES string of the molecule is CC(C)C[C@H](NC(=O)[C@H](Cc1c[nH]cn1)NC(=O)[C@H](CO)NC(=O)[C@H](CO)NC(=O)[C@H](Cc1c[nH]cn1)NC(=O)[C@H](C)NC(=O)[C@H](CCCNC(=N)N)NC(=O)[C@H](CO)NC(=O)CNC(=O)CNC(=O)[C@@H]1CCCN1C(=O)[C@H](CCC(=O)O)NC(=O)[C@H](CCCCN)NC(=O)CNC(=O)[C@H](C)NC(=O)[C@H](CCC(N)=O)NC(=O)[C@H](C)NC(=O)[C@H](CC(=O)O)NC(=O)[C@@H](N)CCCCN)C(=O)N[C@@H](CCCCN)C(N)=O. The Kier molecular flexibility index (Phi) is 56.7. The minimum Gasteiger partial charge on any atom is -0.481 e. The van der Waals surface area contributed by atoms with Crippen LogP contribution in [0.15, 0.2) is 25.0 Å². The van der Waals surface area contributed by atoms with E-state index in [9.17, 15) is 136 Å². The number of H-pyrrole nitrogens is 2. The number of nitrogens with zero attached hydrogens (tertiary/aromatic N) is 3. The van der Waals surface area contributed by atoms with Gasteiger partial charge in [0.1, 0.15) is 96.7 Å². The first-order chi connectivity index (χ1) is 68.6. The van der Waals surface area contributed by atoms with Gasteiger partial charge in [0, 0.05) is 51.2 Å². The summed E-state index contributed by atoms with van der Waals surface area (Å²) in [5.74, 6) is -25.3. The molecule has 3 rings (SSSR count). The molecule has 0 bridgehead atoms. The standard InChI is InChI=1S/C85H142N32O28/c1-42(2)28-54(77(138)107-49(68(91)129)15-7-10-24-87)113-78(139)56(30-47-33-95-41-101-47)114-81(142)59(38-119)116-82(143)60(39-120)115-79(140)55(29-46-32-94-40-100-46)111-71(132)45(5)103-73(134)51(17-12-26-96-85(92)93)109-80(141)58(37-118)106-64(123)35-97-63(122)34-99-83(144)61-18-13-27-117(61)84(145)53(20-22-66(125)126)110-75(136)50(16-8-11-25-88)105-65(124)36-98-69(130)43(3)102-74(135)52(19-21-62(90)121)108-70(131)44(4)104-76(137)57(31-67(127)128)112-72(133)48(89)14-6-9-23-86/h32-33,40-45,48-61,118-120H,6-31,34-39,86-89H2,1-5H3,(H2,90,121)(H2,91,129)(H,94,100)(H,95,101)(H,97,122)(H,98,130)(H,99,144)(H,102,135)(H,103,134)(H,104,137)(H,105,124)(H,106,123)(H,107,138)(H,108,131)(H,109,141)(H,110,136)(H,111,132)(H,112,133)(H,113,139)(H,114,142)(H,115,140)(H,116,143)(H,125,126)(H,127,128)(H4,92,93,96)/t43-,44-,45-,48-,49-,50-,51-,52-,53-,54-,55-,56-,57-,58-,59-,60-,61-/m0/s1. The van der Waals surface area contributed by atoms with E-state index in [1.165, 1.54) is 25.0 Å². The fraction of sp³-hybridized carbons (Fsp3) is 0.647. The number of primary amides is 2. The number of carboxylic acid groups (broad SMARTS) is 2. The molecule has 1 aliphatic rings. The molecule has 21 amide bonds. The van der Waals surface area contributed by atoms with Crippen LogP contribution in [0.2, 0.25) is 0 Å². The largest absolute Gasteiger partial charge is 0.481 e. The molecular weight excluding hydrogens is 1920 g/mol. The van der Waals surface area contributed by atoms with E-state index in [2.05, 4.69) is 121 Å². The first kappa shape index (κ1) is 124. The maximum Gasteiger partial charge on any atom is 0.305 e. The number of carbonyl (C=O) groups is 23. The Labute approximate surface area is 832 Å². The number of hydrogen-bond acceptors (Lipinski definition) is 33. The number of carbonyl (C=O) groups excluding carboxylic acids is 21. The highest BCUT2D eigenvalue weighted by atomic mass is 16.4. The number of unbranched alkanes of at least 4 members (excludes halogenated alkanes) is 3. The van der Waals surface area contributed by atoms with Crippen LogP contribution in [0.25, 0.3) is 0 Å². The zero-order valence-electron chi connectivity index (χ0n) is 81.3. The lowest BCUT2D eigenvalue weighted by molar-refractivity contribution is -0.143. The fourth-order valence-corrected chi connectivity index (χ4v) is 14.1. The highest BCUT2D eigenvalue weighted by Crippen LogP contribution is 2.21. The van der Waals surface area contributed by atoms with Crippen molar-refractivity contribution >= 4 is 142 Å². The number of aliphatic hydroxyl groups excluding tert-OH is 3. The monoisotopic (exact) mass is 2060 g/mol. The molecule has 145 heavy (non-hydrogen) atoms. The molecule has 41 N–H and O–H groups in total. The summed E-state index contributed by atoms with van der Waals surface area (Å²) in [7, 11) is 0. The van der Waals surface area contributed by atoms with E-state index in [1.807, 2.05) is 0 Å². The Morgan fingerprint density at radius 1 is 0.400 bits per heavy atom. The van der Waals surface area contributed by atoms with Crippen molar-refractivity contribution in [3.05, 3.63) is 36.4 Å². The number of guanidine groups is 1. The molecule has 810 valence electrons. The lowest BCUT2D eigenvalue weighted by atomic mass is 10.0. The van der Waals surface area contributed by atoms with Crippen molar-refractivity contribution in [2.24, 2.45) is 46.1 Å². The van der Waals surface area contributed by atoms with E-state index in [-0.39, 0.29) is 101 Å². The number of aliphatic carboxylic acids is 2. The van der Waals surface area contributed by atoms with Gasteiger partial charge in [-0.25, -0.2) is 9.97 Å². The normalized spacial score (nSPS) is 15.4. The topological polar surface area (TPSA) is 989 Å². The Hall–Kier alpha value is -14.8. The first-order valence-corrected chi connectivity index (χ1v) is 47.0. The van der Waals surface area contributed by atoms with Crippen molar-refractivity contribution in [3.63, 3.8) is 0 Å². The molecule has 1 saturated heterocycles. The molecule has 17 atom stereocenters. The van der Waals surface area contributed by atoms with Crippen LogP contribution in [-0.4, -0.2) is 367 Å². The van der Waals surface area contributed by atoms with Crippen LogP contribution in [0, 0.1) is 11.3 Å². The van der Waals surface area contributed by atoms with Crippen molar-refractivity contribution in [2.75, 3.05) is 72.2 Å². The summed E-state index contributed by atoms with van der Waals surface area (Å²) in [5.41, 5.74) is 39.4. The second-order valence-electron chi connectivity index (χ2n) is 34.5. The maximum atomic E-state index is 14.4. The second kappa shape index (κ2) is 66.1. The number of carboxylic acids is 2. The lowest BCUT2D eigenvalue weighted by Gasteiger charge is -2.29. The molecule has 0 saturated carbocycles. The van der Waals surface area contributed by atoms with Crippen molar-refractivity contribution in [1.29, 1.82) is 5.41 Å². The summed E-state index contributed by atoms with van der Waals surface area (Å²) in [5, 5.41) is 103. The summed E-state index contributed by atoms with van der Waals surface area (Å²) in [4.78, 5) is 323. The zero-order chi connectivity index (χ0) is 109. The number of aromatic amines is 2. The highest BCUT2D eigenvalue weighted by molar-refractivity contribution is 6.02. The van der Waals surface area contributed by atoms with Gasteiger partial charge in [-0.15, -0.1) is 0 Å². The van der Waals surface area contributed by atoms with Gasteiger partial charge in [0.2, 0.25) is 124 Å². The van der Waals surface area contributed by atoms with E-state index in [0.717, 1.165) is 25.7 Å². The molecule has 0 aliphatic carbocycles. The second-order valence-corrected chi connectivity index (χ2v) is 34.5. The molecule has 1 aliphatic heterocycles. The summed E-state index contributed by atoms with van der Waals surface area (Å²) in [6.45, 7) is 1.42. The lowest BCUT2D eigenvalue weighted by Crippen LogP contribution is -2.61. The van der Waals surface area contributed by atoms with Crippen LogP contribution in [0.3, 0.4) is 0 Å². The third-order valence-electron chi connectivity index (χ3n) is 22.1. The van der Waals surface area contributed by atoms with Gasteiger partial charge in [0.15, 0.2) is 5.96 Å². The predicted octanol–water partition coefficient (Wildman–Crippen LogP) is -15.3. The van der Waals surface area contributed by atoms with Crippen LogP contribution < -0.4 is 141 Å². The smallest absolute Gasteiger partial charge is 0.305 e. The Morgan fingerprint density at radius 2 is 0.779 bits per heavy atom. The summed E-state index contributed by atoms with van der Waals surface area (Å²) in [6, 6.07) is -26.6. The van der Waals surface area contributed by atoms with Crippen LogP contribution in [0.5, 0.6) is 0 Å². The molecule has 60 nitrogen and oxygen atoms in total. The molecule has 3 heterocycles. The van der Waals surface area contributed by atoms with Crippen molar-refractivity contribution < 1.29 is 136 Å². The number of hydrogen-bond donors (Lipinski definition) is 34. The first-order valence-electron chi connectivity index (χ1n) is 47.0. The summed E-state index contributed by atoms with van der Waals surface area (Å²) < 4.78 is 0. The predicted molar refractivity (Wildman–Crippen MR) is 508 cm³/mol. The molecule has 0 unspecified atom stereocenters. The van der Waals surface area contributed by atoms with Crippen LogP contribution in [-0.2, 0) is 123 Å². The minimum absolute atomic E-state index is 0.0266. The molecule has 0 spiro atoms. The number of likely N-dealkylation sites (tertiary alicyclic amines) is 1. The number of rotatable bonds is 71. The van der Waals surface area contributed by atoms with Gasteiger partial charge in [-0.1, -0.05) is 20.3 Å². The highest BCUT2D eigenvalue weighted by Gasteiger charge is 2.42. The Bertz CT molecular complexity index is 4690. The van der Waals surface area contributed by atoms with Gasteiger partial charge in [-0.2, -0.15) is 0 Å². The molecular formula is C85H142N32O28. The van der Waals surface area contributed by atoms with Gasteiger partial charge in [-0.05, 0) is 143 Å². The van der Waals surface area contributed by atoms with Gasteiger partial charge in [0.25, 0.3) is 0 Å². The number of amides is 21. The van der Waals surface area contributed by atoms with Crippen molar-refractivity contribution in [2.45, 2.75) is 272 Å². The third kappa shape index (κ3) is 47.3. The molecule has 0 radical (unpaired) electrons. The molecule has 2 aromatic rings. The van der Waals surface area contributed by atoms with E-state index in [1.54, 1.807) is 13.8 Å². The Morgan fingerprint density at radius 3 is 1.26 bits per heavy atom. The van der Waals surface area contributed by atoms with Gasteiger partial charge < -0.3 is 182 Å². The van der Waals surface area contributed by atoms with E-state index < -0.39 is 323 Å². The van der Waals surface area contributed by atoms with Gasteiger partial charge in [-0.3, -0.25) is 116 Å². The van der Waals surface area contributed by atoms with E-state index >= 15 is 0 Å². The average molecular weight is 2060 g/mol. The number of nitrogens with one attached hydrogen (secondary N) is 22. The average Bonchev–Trinajstić information content (AvgIpc) is 1.76. The van der Waals surface area contributed by atoms with Gasteiger partial charge in [0.05, 0.1) is 76.0 Å². The molecule has 60 heteroatoms. The zero-order valence-corrected chi connectivity index (χ0v) is 81.3. The van der Waals surface area contributed by atoms with Gasteiger partial charge >= 0.3 is 11.9 Å². The molecule has 2 aromatic heterocycles. The van der Waals surface area contributed by atoms with E-state index in [0.29, 0.717) is 45.2 Å². The van der Waals surface area contributed by atoms with Crippen molar-refractivity contribution in [1.82, 2.24) is 126 Å². The minimum atomic E-state index is -1.94. The summed E-state index contributed by atoms with van der Waals surface area (Å²) in [6.07, 6.45) is 3.76. The third-order valence-corrected chi connectivity index (χ3v) is 22.1. The van der Waals surface area contributed by atoms with Crippen LogP contribution in [0.4, 0.5) is 0 Å². The summed E-state index contributed by atoms with van der Waals surface area (Å²) >= 11 is 0. The number of nitrogens with two attached hydrogens (primary N) is 7. The van der Waals surface area contributed by atoms with Crippen LogP contribution in [0.1, 0.15) is 168 Å². The number of imidazole rings is 2. The number of aliphatic hydroxyl groups is 3. The fourth-order valence-electron chi connectivity index (χ4n) is 14.1. The maximum absolute atomic E-state index is 14.4. The van der Waals surface area contributed by atoms with Crippen molar-refractivity contribution in [3.8, 4) is 0 Å². The number of aromatic nitrogens is 4.